The average molecular weight is 282 g/mol. The molecule has 3 atom stereocenters. The van der Waals surface area contributed by atoms with Gasteiger partial charge in [-0.3, -0.25) is 4.79 Å². The van der Waals surface area contributed by atoms with Crippen LogP contribution in [0.2, 0.25) is 0 Å². The lowest BCUT2D eigenvalue weighted by Gasteiger charge is -2.23. The van der Waals surface area contributed by atoms with Gasteiger partial charge in [-0.1, -0.05) is 24.3 Å². The number of nitrogens with two attached hydrogens (primary N) is 1. The Bertz CT molecular complexity index is 611. The van der Waals surface area contributed by atoms with Gasteiger partial charge in [0.1, 0.15) is 0 Å². The molecule has 21 heavy (non-hydrogen) atoms. The molecule has 3 rings (SSSR count). The molecule has 2 bridgehead atoms. The van der Waals surface area contributed by atoms with E-state index in [2.05, 4.69) is 17.2 Å². The Hall–Kier alpha value is -1.79. The molecule has 0 radical (unpaired) electrons. The fourth-order valence-electron chi connectivity index (χ4n) is 3.72. The number of carbonyl (C=O) groups is 1. The molecule has 1 aromatic rings. The van der Waals surface area contributed by atoms with Gasteiger partial charge in [-0.25, -0.2) is 0 Å². The summed E-state index contributed by atoms with van der Waals surface area (Å²) in [7, 11) is 0. The Balaban J connectivity index is 1.72. The predicted octanol–water partition coefficient (Wildman–Crippen LogP) is 2.22. The van der Waals surface area contributed by atoms with Crippen molar-refractivity contribution in [3.8, 4) is 11.8 Å². The minimum absolute atomic E-state index is 0.0309. The molecule has 0 aliphatic heterocycles. The second-order valence-electron chi connectivity index (χ2n) is 6.29. The monoisotopic (exact) mass is 282 g/mol. The molecule has 0 spiro atoms. The van der Waals surface area contributed by atoms with Crippen molar-refractivity contribution in [2.24, 2.45) is 17.6 Å². The van der Waals surface area contributed by atoms with Crippen LogP contribution in [-0.2, 0) is 0 Å². The van der Waals surface area contributed by atoms with Gasteiger partial charge in [-0.15, -0.1) is 0 Å². The highest BCUT2D eigenvalue weighted by Crippen LogP contribution is 2.44. The van der Waals surface area contributed by atoms with Crippen molar-refractivity contribution >= 4 is 5.91 Å². The Labute approximate surface area is 126 Å². The van der Waals surface area contributed by atoms with Crippen molar-refractivity contribution < 1.29 is 4.79 Å². The van der Waals surface area contributed by atoms with Gasteiger partial charge in [0.2, 0.25) is 0 Å². The minimum Gasteiger partial charge on any atom is -0.349 e. The number of fused-ring (bicyclic) bond motifs is 2. The molecular weight excluding hydrogens is 260 g/mol. The van der Waals surface area contributed by atoms with E-state index in [1.54, 1.807) is 0 Å². The van der Waals surface area contributed by atoms with Gasteiger partial charge in [0.15, 0.2) is 0 Å². The number of hydrogen-bond donors (Lipinski definition) is 2. The molecule has 3 unspecified atom stereocenters. The predicted molar refractivity (Wildman–Crippen MR) is 83.8 cm³/mol. The smallest absolute Gasteiger partial charge is 0.251 e. The third-order valence-electron chi connectivity index (χ3n) is 4.88. The van der Waals surface area contributed by atoms with Crippen LogP contribution in [0.4, 0.5) is 0 Å². The van der Waals surface area contributed by atoms with E-state index in [0.717, 1.165) is 23.5 Å². The number of rotatable bonds is 2. The highest BCUT2D eigenvalue weighted by molar-refractivity contribution is 5.95. The van der Waals surface area contributed by atoms with Crippen LogP contribution in [0.5, 0.6) is 0 Å². The zero-order valence-corrected chi connectivity index (χ0v) is 12.5. The standard InChI is InChI=1S/C18H22N2O/c1-12-4-6-16(11-14(12)3-2-8-19)18(21)20-17-10-13-5-7-15(17)9-13/h4,6,11,13,15,17H,5,7-10,19H2,1H3,(H,20,21). The Morgan fingerprint density at radius 3 is 2.90 bits per heavy atom. The first-order chi connectivity index (χ1) is 10.2. The summed E-state index contributed by atoms with van der Waals surface area (Å²) >= 11 is 0. The van der Waals surface area contributed by atoms with Gasteiger partial charge in [-0.05, 0) is 55.7 Å². The van der Waals surface area contributed by atoms with E-state index < -0.39 is 0 Å². The maximum Gasteiger partial charge on any atom is 0.251 e. The second kappa shape index (κ2) is 5.91. The fourth-order valence-corrected chi connectivity index (χ4v) is 3.72. The van der Waals surface area contributed by atoms with E-state index in [1.807, 2.05) is 25.1 Å². The van der Waals surface area contributed by atoms with E-state index in [9.17, 15) is 4.79 Å². The summed E-state index contributed by atoms with van der Waals surface area (Å²) in [5, 5.41) is 3.22. The molecule has 2 fully saturated rings. The normalized spacial score (nSPS) is 26.3. The lowest BCUT2D eigenvalue weighted by molar-refractivity contribution is 0.0923. The van der Waals surface area contributed by atoms with Crippen LogP contribution in [0, 0.1) is 30.6 Å². The molecule has 0 saturated heterocycles. The Morgan fingerprint density at radius 1 is 1.38 bits per heavy atom. The fraction of sp³-hybridized carbons (Fsp3) is 0.500. The van der Waals surface area contributed by atoms with E-state index >= 15 is 0 Å². The average Bonchev–Trinajstić information content (AvgIpc) is 3.09. The molecule has 2 aliphatic rings. The zero-order valence-electron chi connectivity index (χ0n) is 12.5. The van der Waals surface area contributed by atoms with Crippen LogP contribution in [0.3, 0.4) is 0 Å². The SMILES string of the molecule is Cc1ccc(C(=O)NC2CC3CCC2C3)cc1C#CCN. The molecule has 1 amide bonds. The van der Waals surface area contributed by atoms with Crippen molar-refractivity contribution in [3.05, 3.63) is 34.9 Å². The first-order valence-electron chi connectivity index (χ1n) is 7.78. The molecule has 110 valence electrons. The lowest BCUT2D eigenvalue weighted by atomic mass is 9.95. The van der Waals surface area contributed by atoms with E-state index in [0.29, 0.717) is 24.1 Å². The highest BCUT2D eigenvalue weighted by atomic mass is 16.1. The number of nitrogens with one attached hydrogen (secondary N) is 1. The van der Waals surface area contributed by atoms with Crippen molar-refractivity contribution in [1.29, 1.82) is 0 Å². The van der Waals surface area contributed by atoms with Crippen LogP contribution in [0.1, 0.15) is 47.2 Å². The van der Waals surface area contributed by atoms with Gasteiger partial charge in [0.25, 0.3) is 5.91 Å². The van der Waals surface area contributed by atoms with Gasteiger partial charge >= 0.3 is 0 Å². The second-order valence-corrected chi connectivity index (χ2v) is 6.29. The lowest BCUT2D eigenvalue weighted by Crippen LogP contribution is -2.38. The molecule has 2 saturated carbocycles. The van der Waals surface area contributed by atoms with Gasteiger partial charge in [-0.2, -0.15) is 0 Å². The first kappa shape index (κ1) is 14.2. The van der Waals surface area contributed by atoms with Crippen molar-refractivity contribution in [2.45, 2.75) is 38.6 Å². The third-order valence-corrected chi connectivity index (χ3v) is 4.88. The molecule has 3 N–H and O–H groups in total. The summed E-state index contributed by atoms with van der Waals surface area (Å²) in [4.78, 5) is 12.4. The summed E-state index contributed by atoms with van der Waals surface area (Å²) in [6.07, 6.45) is 5.07. The van der Waals surface area contributed by atoms with Crippen LogP contribution < -0.4 is 11.1 Å². The molecule has 0 aromatic heterocycles. The van der Waals surface area contributed by atoms with Gasteiger partial charge < -0.3 is 11.1 Å². The number of benzene rings is 1. The van der Waals surface area contributed by atoms with Gasteiger partial charge in [0, 0.05) is 17.2 Å². The van der Waals surface area contributed by atoms with E-state index in [4.69, 9.17) is 5.73 Å². The zero-order chi connectivity index (χ0) is 14.8. The highest BCUT2D eigenvalue weighted by Gasteiger charge is 2.40. The van der Waals surface area contributed by atoms with Crippen LogP contribution >= 0.6 is 0 Å². The van der Waals surface area contributed by atoms with Crippen LogP contribution in [-0.4, -0.2) is 18.5 Å². The largest absolute Gasteiger partial charge is 0.349 e. The van der Waals surface area contributed by atoms with Crippen LogP contribution in [0.15, 0.2) is 18.2 Å². The number of amides is 1. The number of aryl methyl sites for hydroxylation is 1. The molecule has 1 aromatic carbocycles. The molecule has 0 heterocycles. The van der Waals surface area contributed by atoms with Crippen molar-refractivity contribution in [2.75, 3.05) is 6.54 Å². The quantitative estimate of drug-likeness (QED) is 0.817. The third kappa shape index (κ3) is 2.96. The minimum atomic E-state index is 0.0309. The molecule has 2 aliphatic carbocycles. The van der Waals surface area contributed by atoms with E-state index in [-0.39, 0.29) is 5.91 Å². The Morgan fingerprint density at radius 2 is 2.24 bits per heavy atom. The molecular formula is C18H22N2O. The summed E-state index contributed by atoms with van der Waals surface area (Å²) < 4.78 is 0. The van der Waals surface area contributed by atoms with Crippen molar-refractivity contribution in [3.63, 3.8) is 0 Å². The summed E-state index contributed by atoms with van der Waals surface area (Å²) in [5.74, 6) is 7.45. The number of hydrogen-bond acceptors (Lipinski definition) is 2. The van der Waals surface area contributed by atoms with E-state index in [1.165, 1.54) is 19.3 Å². The molecule has 3 nitrogen and oxygen atoms in total. The summed E-state index contributed by atoms with van der Waals surface area (Å²) in [6, 6.07) is 6.08. The van der Waals surface area contributed by atoms with Crippen LogP contribution in [0.25, 0.3) is 0 Å². The van der Waals surface area contributed by atoms with Crippen molar-refractivity contribution in [1.82, 2.24) is 5.32 Å². The number of carbonyl (C=O) groups excluding carboxylic acids is 1. The maximum absolute atomic E-state index is 12.4. The maximum atomic E-state index is 12.4. The molecule has 3 heteroatoms. The summed E-state index contributed by atoms with van der Waals surface area (Å²) in [6.45, 7) is 2.33. The topological polar surface area (TPSA) is 55.1 Å². The summed E-state index contributed by atoms with van der Waals surface area (Å²) in [5.41, 5.74) is 8.08. The van der Waals surface area contributed by atoms with Gasteiger partial charge in [0.05, 0.1) is 6.54 Å². The Kier molecular flexibility index (Phi) is 3.98. The first-order valence-corrected chi connectivity index (χ1v) is 7.78.